The van der Waals surface area contributed by atoms with E-state index in [1.807, 2.05) is 13.8 Å². The highest BCUT2D eigenvalue weighted by atomic mass is 16.7. The Hall–Kier alpha value is -3.22. The molecule has 0 aromatic heterocycles. The van der Waals surface area contributed by atoms with Gasteiger partial charge in [-0.3, -0.25) is 10.1 Å². The Bertz CT molecular complexity index is 1140. The predicted molar refractivity (Wildman–Crippen MR) is 147 cm³/mol. The molecule has 2 saturated heterocycles. The highest BCUT2D eigenvalue weighted by Crippen LogP contribution is 2.59. The van der Waals surface area contributed by atoms with Crippen molar-refractivity contribution in [3.63, 3.8) is 0 Å². The van der Waals surface area contributed by atoms with Gasteiger partial charge in [0.1, 0.15) is 35.8 Å². The number of epoxide rings is 2. The van der Waals surface area contributed by atoms with Gasteiger partial charge in [0.05, 0.1) is 29.6 Å². The molecule has 3 aliphatic rings. The van der Waals surface area contributed by atoms with E-state index in [1.165, 1.54) is 29.8 Å². The fourth-order valence-electron chi connectivity index (χ4n) is 5.71. The van der Waals surface area contributed by atoms with Crippen LogP contribution in [0.25, 0.3) is 0 Å². The van der Waals surface area contributed by atoms with E-state index in [1.54, 1.807) is 7.11 Å². The number of hydrogen-bond acceptors (Lipinski definition) is 10. The standard InChI is InChI=1S/C29H40N2O10/c1-17(2)7-12-23-28(5,41-23)25-24(36-6)22(13-14-29(25)16-38-29)40-26(32)30-21(18(3)4)15-37-27(33)39-20-10-8-19(9-11-20)31(34)35/h7-11,18,21-25H,12-16H2,1-6H3,(H,30,32)/t21-,22?,23+,24?,25?,28?,29-/m0/s1. The quantitative estimate of drug-likeness (QED) is 0.0958. The molecule has 12 heteroatoms. The van der Waals surface area contributed by atoms with Crippen molar-refractivity contribution in [1.82, 2.24) is 5.32 Å². The monoisotopic (exact) mass is 576 g/mol. The number of nitrogens with zero attached hydrogens (tertiary/aromatic N) is 1. The number of alkyl carbamates (subject to hydrolysis) is 1. The second-order valence-corrected chi connectivity index (χ2v) is 11.7. The summed E-state index contributed by atoms with van der Waals surface area (Å²) in [6.07, 6.45) is 1.77. The molecule has 2 aliphatic heterocycles. The van der Waals surface area contributed by atoms with E-state index in [0.29, 0.717) is 13.0 Å². The van der Waals surface area contributed by atoms with Gasteiger partial charge >= 0.3 is 12.2 Å². The molecule has 1 spiro atoms. The SMILES string of the molecule is COC1C(OC(=O)N[C@@H](COC(=O)Oc2ccc([N+](=O)[O-])cc2)C(C)C)CC[C@]2(CO2)C1C1(C)O[C@@H]1CC=C(C)C. The summed E-state index contributed by atoms with van der Waals surface area (Å²) >= 11 is 0. The normalized spacial score (nSPS) is 30.7. The predicted octanol–water partition coefficient (Wildman–Crippen LogP) is 4.94. The summed E-state index contributed by atoms with van der Waals surface area (Å²) in [5.41, 5.74) is 0.327. The minimum Gasteiger partial charge on any atom is -0.443 e. The molecule has 1 saturated carbocycles. The molecule has 4 unspecified atom stereocenters. The zero-order valence-electron chi connectivity index (χ0n) is 24.4. The maximum Gasteiger partial charge on any atom is 0.513 e. The number of allylic oxidation sites excluding steroid dienone is 1. The van der Waals surface area contributed by atoms with Crippen molar-refractivity contribution in [2.24, 2.45) is 11.8 Å². The van der Waals surface area contributed by atoms with Crippen LogP contribution >= 0.6 is 0 Å². The second-order valence-electron chi connectivity index (χ2n) is 11.7. The van der Waals surface area contributed by atoms with Crippen molar-refractivity contribution in [1.29, 1.82) is 0 Å². The number of benzene rings is 1. The lowest BCUT2D eigenvalue weighted by atomic mass is 9.68. The summed E-state index contributed by atoms with van der Waals surface area (Å²) in [5, 5.41) is 13.6. The van der Waals surface area contributed by atoms with Gasteiger partial charge in [-0.2, -0.15) is 0 Å². The van der Waals surface area contributed by atoms with Crippen LogP contribution in [0.15, 0.2) is 35.9 Å². The maximum absolute atomic E-state index is 13.0. The number of ether oxygens (including phenoxy) is 6. The van der Waals surface area contributed by atoms with Gasteiger partial charge in [-0.1, -0.05) is 25.5 Å². The molecule has 1 aliphatic carbocycles. The van der Waals surface area contributed by atoms with Crippen molar-refractivity contribution < 1.29 is 42.9 Å². The lowest BCUT2D eigenvalue weighted by Gasteiger charge is -2.42. The topological polar surface area (TPSA) is 151 Å². The first-order valence-corrected chi connectivity index (χ1v) is 13.9. The zero-order valence-corrected chi connectivity index (χ0v) is 24.4. The van der Waals surface area contributed by atoms with Crippen LogP contribution in [-0.4, -0.2) is 73.1 Å². The molecule has 3 fully saturated rings. The average Bonchev–Trinajstić information content (AvgIpc) is 3.83. The number of rotatable bonds is 11. The number of nitrogens with one attached hydrogen (secondary N) is 1. The van der Waals surface area contributed by atoms with Crippen LogP contribution in [-0.2, 0) is 23.7 Å². The molecule has 0 bridgehead atoms. The van der Waals surface area contributed by atoms with Crippen LogP contribution < -0.4 is 10.1 Å². The molecule has 7 atom stereocenters. The van der Waals surface area contributed by atoms with Gasteiger partial charge < -0.3 is 33.7 Å². The lowest BCUT2D eigenvalue weighted by Crippen LogP contribution is -2.56. The molecule has 1 N–H and O–H groups in total. The Morgan fingerprint density at radius 2 is 1.93 bits per heavy atom. The fraction of sp³-hybridized carbons (Fsp3) is 0.655. The number of hydrogen-bond donors (Lipinski definition) is 1. The number of amides is 1. The molecular formula is C29H40N2O10. The molecule has 1 aromatic carbocycles. The first-order chi connectivity index (χ1) is 19.4. The molecule has 12 nitrogen and oxygen atoms in total. The first kappa shape index (κ1) is 30.7. The number of nitro benzene ring substituents is 1. The third-order valence-corrected chi connectivity index (χ3v) is 8.23. The van der Waals surface area contributed by atoms with E-state index in [-0.39, 0.29) is 41.6 Å². The van der Waals surface area contributed by atoms with Gasteiger partial charge in [0, 0.05) is 19.2 Å². The maximum atomic E-state index is 13.0. The zero-order chi connectivity index (χ0) is 29.9. The van der Waals surface area contributed by atoms with Gasteiger partial charge in [0.2, 0.25) is 0 Å². The van der Waals surface area contributed by atoms with Gasteiger partial charge in [-0.05, 0) is 58.1 Å². The third kappa shape index (κ3) is 7.17. The molecule has 41 heavy (non-hydrogen) atoms. The Balaban J connectivity index is 1.32. The van der Waals surface area contributed by atoms with Crippen LogP contribution in [0.4, 0.5) is 15.3 Å². The Morgan fingerprint density at radius 3 is 2.49 bits per heavy atom. The lowest BCUT2D eigenvalue weighted by molar-refractivity contribution is -0.384. The van der Waals surface area contributed by atoms with Gasteiger partial charge in [-0.15, -0.1) is 0 Å². The van der Waals surface area contributed by atoms with Crippen molar-refractivity contribution in [2.75, 3.05) is 20.3 Å². The van der Waals surface area contributed by atoms with Gasteiger partial charge in [0.25, 0.3) is 5.69 Å². The van der Waals surface area contributed by atoms with E-state index >= 15 is 0 Å². The Morgan fingerprint density at radius 1 is 1.24 bits per heavy atom. The van der Waals surface area contributed by atoms with Gasteiger partial charge in [0.15, 0.2) is 0 Å². The average molecular weight is 577 g/mol. The van der Waals surface area contributed by atoms with Crippen LogP contribution in [0.1, 0.15) is 53.9 Å². The molecule has 1 aromatic rings. The second kappa shape index (κ2) is 12.3. The van der Waals surface area contributed by atoms with Crippen LogP contribution in [0, 0.1) is 22.0 Å². The molecule has 2 heterocycles. The van der Waals surface area contributed by atoms with E-state index in [2.05, 4.69) is 32.2 Å². The summed E-state index contributed by atoms with van der Waals surface area (Å²) in [4.78, 5) is 35.4. The van der Waals surface area contributed by atoms with Crippen LogP contribution in [0.5, 0.6) is 5.75 Å². The molecule has 4 rings (SSSR count). The van der Waals surface area contributed by atoms with Crippen molar-refractivity contribution >= 4 is 17.9 Å². The molecule has 226 valence electrons. The summed E-state index contributed by atoms with van der Waals surface area (Å²) in [5.74, 6) is -0.0919. The first-order valence-electron chi connectivity index (χ1n) is 13.9. The van der Waals surface area contributed by atoms with Gasteiger partial charge in [-0.25, -0.2) is 9.59 Å². The van der Waals surface area contributed by atoms with E-state index in [4.69, 9.17) is 28.4 Å². The van der Waals surface area contributed by atoms with Crippen molar-refractivity contribution in [2.45, 2.75) is 89.4 Å². The van der Waals surface area contributed by atoms with Crippen LogP contribution in [0.2, 0.25) is 0 Å². The van der Waals surface area contributed by atoms with E-state index < -0.39 is 41.0 Å². The van der Waals surface area contributed by atoms with Crippen molar-refractivity contribution in [3.05, 3.63) is 46.0 Å². The number of nitro groups is 1. The van der Waals surface area contributed by atoms with Crippen LogP contribution in [0.3, 0.4) is 0 Å². The summed E-state index contributed by atoms with van der Waals surface area (Å²) in [6.45, 7) is 10.4. The summed E-state index contributed by atoms with van der Waals surface area (Å²) in [7, 11) is 1.62. The molecule has 1 amide bonds. The number of carbonyl (C=O) groups excluding carboxylic acids is 2. The van der Waals surface area contributed by atoms with E-state index in [0.717, 1.165) is 12.8 Å². The third-order valence-electron chi connectivity index (χ3n) is 8.23. The largest absolute Gasteiger partial charge is 0.513 e. The highest BCUT2D eigenvalue weighted by Gasteiger charge is 2.72. The summed E-state index contributed by atoms with van der Waals surface area (Å²) in [6, 6.07) is 4.48. The minimum absolute atomic E-state index is 0.0435. The fourth-order valence-corrected chi connectivity index (χ4v) is 5.71. The molecule has 0 radical (unpaired) electrons. The Kier molecular flexibility index (Phi) is 9.25. The summed E-state index contributed by atoms with van der Waals surface area (Å²) < 4.78 is 34.3. The highest BCUT2D eigenvalue weighted by molar-refractivity contribution is 5.68. The van der Waals surface area contributed by atoms with E-state index in [9.17, 15) is 19.7 Å². The number of methoxy groups -OCH3 is 1. The molecular weight excluding hydrogens is 536 g/mol. The smallest absolute Gasteiger partial charge is 0.443 e. The minimum atomic E-state index is -0.996. The number of non-ortho nitro benzene ring substituents is 1. The Labute approximate surface area is 239 Å². The number of carbonyl (C=O) groups is 2. The van der Waals surface area contributed by atoms with Crippen molar-refractivity contribution in [3.8, 4) is 5.75 Å².